The SMILES string of the molecule is O=C(c1ccccc1[N+](=O)[O-])N1CC2CCC(O)C2C1. The molecule has 1 aliphatic heterocycles. The van der Waals surface area contributed by atoms with E-state index in [0.717, 1.165) is 12.8 Å². The fourth-order valence-corrected chi connectivity index (χ4v) is 3.39. The van der Waals surface area contributed by atoms with Crippen molar-refractivity contribution in [1.29, 1.82) is 0 Å². The number of amides is 1. The van der Waals surface area contributed by atoms with E-state index in [1.165, 1.54) is 12.1 Å². The molecule has 3 rings (SSSR count). The molecule has 1 saturated carbocycles. The molecule has 0 aromatic heterocycles. The summed E-state index contributed by atoms with van der Waals surface area (Å²) in [4.78, 5) is 24.5. The summed E-state index contributed by atoms with van der Waals surface area (Å²) in [7, 11) is 0. The molecule has 6 nitrogen and oxygen atoms in total. The van der Waals surface area contributed by atoms with Gasteiger partial charge in [0, 0.05) is 25.1 Å². The van der Waals surface area contributed by atoms with E-state index in [9.17, 15) is 20.0 Å². The fourth-order valence-electron chi connectivity index (χ4n) is 3.39. The average Bonchev–Trinajstić information content (AvgIpc) is 3.00. The number of nitro benzene ring substituents is 1. The van der Waals surface area contributed by atoms with Crippen molar-refractivity contribution in [2.24, 2.45) is 11.8 Å². The van der Waals surface area contributed by atoms with Crippen LogP contribution in [-0.4, -0.2) is 40.0 Å². The van der Waals surface area contributed by atoms with Crippen molar-refractivity contribution in [3.05, 3.63) is 39.9 Å². The molecule has 1 heterocycles. The maximum atomic E-state index is 12.4. The zero-order valence-corrected chi connectivity index (χ0v) is 10.9. The van der Waals surface area contributed by atoms with E-state index in [-0.39, 0.29) is 29.2 Å². The van der Waals surface area contributed by atoms with Crippen molar-refractivity contribution in [1.82, 2.24) is 4.90 Å². The van der Waals surface area contributed by atoms with E-state index in [1.807, 2.05) is 0 Å². The summed E-state index contributed by atoms with van der Waals surface area (Å²) >= 11 is 0. The van der Waals surface area contributed by atoms with Crippen molar-refractivity contribution in [3.63, 3.8) is 0 Å². The number of fused-ring (bicyclic) bond motifs is 1. The van der Waals surface area contributed by atoms with Crippen LogP contribution < -0.4 is 0 Å². The van der Waals surface area contributed by atoms with Gasteiger partial charge < -0.3 is 10.0 Å². The standard InChI is InChI=1S/C14H16N2O4/c17-13-6-5-9-7-15(8-11(9)13)14(18)10-3-1-2-4-12(10)16(19)20/h1-4,9,11,13,17H,5-8H2. The van der Waals surface area contributed by atoms with E-state index < -0.39 is 4.92 Å². The Morgan fingerprint density at radius 2 is 2.05 bits per heavy atom. The van der Waals surface area contributed by atoms with Gasteiger partial charge in [-0.15, -0.1) is 0 Å². The summed E-state index contributed by atoms with van der Waals surface area (Å²) in [5.74, 6) is 0.150. The highest BCUT2D eigenvalue weighted by Gasteiger charge is 2.44. The molecule has 1 saturated heterocycles. The van der Waals surface area contributed by atoms with Gasteiger partial charge in [0.2, 0.25) is 0 Å². The summed E-state index contributed by atoms with van der Waals surface area (Å²) in [6.45, 7) is 1.09. The first-order valence-electron chi connectivity index (χ1n) is 6.78. The number of carbonyl (C=O) groups is 1. The van der Waals surface area contributed by atoms with Crippen molar-refractivity contribution in [2.45, 2.75) is 18.9 Å². The van der Waals surface area contributed by atoms with Crippen molar-refractivity contribution in [3.8, 4) is 0 Å². The van der Waals surface area contributed by atoms with Gasteiger partial charge in [0.05, 0.1) is 11.0 Å². The van der Waals surface area contributed by atoms with Gasteiger partial charge in [-0.1, -0.05) is 12.1 Å². The number of nitrogens with zero attached hydrogens (tertiary/aromatic N) is 2. The van der Waals surface area contributed by atoms with Crippen LogP contribution in [0.5, 0.6) is 0 Å². The molecule has 106 valence electrons. The van der Waals surface area contributed by atoms with Gasteiger partial charge in [-0.2, -0.15) is 0 Å². The molecule has 0 bridgehead atoms. The first-order chi connectivity index (χ1) is 9.58. The maximum Gasteiger partial charge on any atom is 0.282 e. The van der Waals surface area contributed by atoms with Crippen LogP contribution in [0.2, 0.25) is 0 Å². The van der Waals surface area contributed by atoms with Crippen molar-refractivity contribution >= 4 is 11.6 Å². The lowest BCUT2D eigenvalue weighted by Gasteiger charge is -2.18. The topological polar surface area (TPSA) is 83.7 Å². The molecule has 2 fully saturated rings. The zero-order valence-electron chi connectivity index (χ0n) is 10.9. The largest absolute Gasteiger partial charge is 0.393 e. The Labute approximate surface area is 116 Å². The lowest BCUT2D eigenvalue weighted by Crippen LogP contribution is -2.31. The molecule has 3 unspecified atom stereocenters. The Bertz CT molecular complexity index is 560. The predicted octanol–water partition coefficient (Wildman–Crippen LogP) is 1.44. The van der Waals surface area contributed by atoms with Crippen LogP contribution in [0.1, 0.15) is 23.2 Å². The molecule has 2 aliphatic rings. The average molecular weight is 276 g/mol. The highest BCUT2D eigenvalue weighted by molar-refractivity contribution is 5.98. The Balaban J connectivity index is 1.83. The lowest BCUT2D eigenvalue weighted by molar-refractivity contribution is -0.385. The predicted molar refractivity (Wildman–Crippen MR) is 71.2 cm³/mol. The number of aliphatic hydroxyl groups excluding tert-OH is 1. The Kier molecular flexibility index (Phi) is 3.17. The number of nitro groups is 1. The monoisotopic (exact) mass is 276 g/mol. The third kappa shape index (κ3) is 2.06. The van der Waals surface area contributed by atoms with E-state index in [1.54, 1.807) is 17.0 Å². The van der Waals surface area contributed by atoms with Crippen LogP contribution >= 0.6 is 0 Å². The molecule has 1 aromatic carbocycles. The molecule has 1 aliphatic carbocycles. The number of rotatable bonds is 2. The normalized spacial score (nSPS) is 28.4. The number of likely N-dealkylation sites (tertiary alicyclic amines) is 1. The van der Waals surface area contributed by atoms with Crippen LogP contribution in [0, 0.1) is 22.0 Å². The molecule has 0 radical (unpaired) electrons. The maximum absolute atomic E-state index is 12.4. The summed E-state index contributed by atoms with van der Waals surface area (Å²) in [6.07, 6.45) is 1.37. The summed E-state index contributed by atoms with van der Waals surface area (Å²) in [5.41, 5.74) is -0.0259. The van der Waals surface area contributed by atoms with Gasteiger partial charge >= 0.3 is 0 Å². The summed E-state index contributed by atoms with van der Waals surface area (Å²) in [6, 6.07) is 6.02. The minimum atomic E-state index is -0.529. The number of hydrogen-bond acceptors (Lipinski definition) is 4. The van der Waals surface area contributed by atoms with Gasteiger partial charge in [-0.3, -0.25) is 14.9 Å². The smallest absolute Gasteiger partial charge is 0.282 e. The third-order valence-electron chi connectivity index (χ3n) is 4.44. The van der Waals surface area contributed by atoms with Crippen LogP contribution in [0.15, 0.2) is 24.3 Å². The van der Waals surface area contributed by atoms with E-state index in [4.69, 9.17) is 0 Å². The van der Waals surface area contributed by atoms with Gasteiger partial charge in [0.25, 0.3) is 11.6 Å². The molecular weight excluding hydrogens is 260 g/mol. The third-order valence-corrected chi connectivity index (χ3v) is 4.44. The minimum Gasteiger partial charge on any atom is -0.393 e. The first-order valence-corrected chi connectivity index (χ1v) is 6.78. The molecule has 6 heteroatoms. The molecule has 0 spiro atoms. The molecule has 1 aromatic rings. The summed E-state index contributed by atoms with van der Waals surface area (Å²) < 4.78 is 0. The number of hydrogen-bond donors (Lipinski definition) is 1. The van der Waals surface area contributed by atoms with Crippen LogP contribution in [-0.2, 0) is 0 Å². The Hall–Kier alpha value is -1.95. The number of carbonyl (C=O) groups excluding carboxylic acids is 1. The number of aliphatic hydroxyl groups is 1. The number of para-hydroxylation sites is 1. The number of benzene rings is 1. The van der Waals surface area contributed by atoms with Gasteiger partial charge in [-0.05, 0) is 24.8 Å². The Morgan fingerprint density at radius 1 is 1.30 bits per heavy atom. The molecule has 1 amide bonds. The van der Waals surface area contributed by atoms with E-state index in [0.29, 0.717) is 19.0 Å². The summed E-state index contributed by atoms with van der Waals surface area (Å²) in [5, 5.41) is 20.9. The van der Waals surface area contributed by atoms with Crippen molar-refractivity contribution < 1.29 is 14.8 Å². The Morgan fingerprint density at radius 3 is 2.75 bits per heavy atom. The second-order valence-corrected chi connectivity index (χ2v) is 5.55. The molecule has 20 heavy (non-hydrogen) atoms. The second kappa shape index (κ2) is 4.86. The quantitative estimate of drug-likeness (QED) is 0.654. The van der Waals surface area contributed by atoms with Gasteiger partial charge in [-0.25, -0.2) is 0 Å². The molecule has 1 N–H and O–H groups in total. The highest BCUT2D eigenvalue weighted by Crippen LogP contribution is 2.38. The van der Waals surface area contributed by atoms with Crippen LogP contribution in [0.25, 0.3) is 0 Å². The highest BCUT2D eigenvalue weighted by atomic mass is 16.6. The van der Waals surface area contributed by atoms with Gasteiger partial charge in [0.15, 0.2) is 0 Å². The van der Waals surface area contributed by atoms with Crippen LogP contribution in [0.4, 0.5) is 5.69 Å². The molecular formula is C14H16N2O4. The van der Waals surface area contributed by atoms with Crippen molar-refractivity contribution in [2.75, 3.05) is 13.1 Å². The second-order valence-electron chi connectivity index (χ2n) is 5.55. The van der Waals surface area contributed by atoms with E-state index >= 15 is 0 Å². The zero-order chi connectivity index (χ0) is 14.3. The van der Waals surface area contributed by atoms with Crippen LogP contribution in [0.3, 0.4) is 0 Å². The lowest BCUT2D eigenvalue weighted by atomic mass is 10.00. The fraction of sp³-hybridized carbons (Fsp3) is 0.500. The van der Waals surface area contributed by atoms with E-state index in [2.05, 4.69) is 0 Å². The minimum absolute atomic E-state index is 0.127. The first kappa shape index (κ1) is 13.1. The molecule has 3 atom stereocenters. The van der Waals surface area contributed by atoms with Gasteiger partial charge in [0.1, 0.15) is 5.56 Å².